The molecule has 7 rings (SSSR count). The van der Waals surface area contributed by atoms with Gasteiger partial charge in [0.1, 0.15) is 6.17 Å². The van der Waals surface area contributed by atoms with Gasteiger partial charge in [0.05, 0.1) is 17.1 Å². The van der Waals surface area contributed by atoms with Crippen molar-refractivity contribution in [3.63, 3.8) is 0 Å². The van der Waals surface area contributed by atoms with Crippen LogP contribution in [0, 0.1) is 6.92 Å². The van der Waals surface area contributed by atoms with E-state index in [9.17, 15) is 0 Å². The topological polar surface area (TPSA) is 6.48 Å². The Hall–Kier alpha value is -3.26. The Bertz CT molecular complexity index is 1510. The second-order valence-electron chi connectivity index (χ2n) is 10.9. The molecule has 4 aromatic carbocycles. The van der Waals surface area contributed by atoms with Gasteiger partial charge in [-0.15, -0.1) is 0 Å². The lowest BCUT2D eigenvalue weighted by Crippen LogP contribution is -2.51. The number of benzene rings is 4. The monoisotopic (exact) mass is 430 g/mol. The van der Waals surface area contributed by atoms with Crippen molar-refractivity contribution >= 4 is 27.8 Å². The maximum Gasteiger partial charge on any atom is 0.103 e. The van der Waals surface area contributed by atoms with E-state index in [4.69, 9.17) is 0 Å². The van der Waals surface area contributed by atoms with Crippen LogP contribution in [-0.4, -0.2) is 13.2 Å². The van der Waals surface area contributed by atoms with Crippen molar-refractivity contribution in [2.24, 2.45) is 0 Å². The number of rotatable bonds is 0. The summed E-state index contributed by atoms with van der Waals surface area (Å²) in [6.45, 7) is 12.1. The summed E-state index contributed by atoms with van der Waals surface area (Å²) < 4.78 is 0. The molecule has 4 aromatic rings. The van der Waals surface area contributed by atoms with Gasteiger partial charge in [-0.2, -0.15) is 0 Å². The SMILES string of the molecule is Cc1ccc2c3c1N1c4c(cccc4C3(C)C(C)(C)c3c-2ccc2ccccc32)N(C)[C@@H]1C. The number of hydrogen-bond acceptors (Lipinski definition) is 2. The van der Waals surface area contributed by atoms with E-state index < -0.39 is 0 Å². The number of para-hydroxylation sites is 1. The molecule has 0 saturated heterocycles. The Morgan fingerprint density at radius 2 is 1.48 bits per heavy atom. The molecule has 0 spiro atoms. The van der Waals surface area contributed by atoms with Crippen molar-refractivity contribution in [2.45, 2.75) is 51.6 Å². The summed E-state index contributed by atoms with van der Waals surface area (Å²) in [5, 5.41) is 2.71. The summed E-state index contributed by atoms with van der Waals surface area (Å²) in [7, 11) is 2.24. The fourth-order valence-corrected chi connectivity index (χ4v) is 7.27. The molecule has 0 aromatic heterocycles. The third kappa shape index (κ3) is 1.95. The number of hydrogen-bond donors (Lipinski definition) is 0. The van der Waals surface area contributed by atoms with Crippen LogP contribution < -0.4 is 9.80 Å². The number of fused-ring (bicyclic) bond motifs is 6. The van der Waals surface area contributed by atoms with Crippen molar-refractivity contribution in [3.05, 3.63) is 89.0 Å². The van der Waals surface area contributed by atoms with Crippen LogP contribution in [0.15, 0.2) is 66.7 Å². The van der Waals surface area contributed by atoms with Gasteiger partial charge in [0, 0.05) is 17.9 Å². The van der Waals surface area contributed by atoms with Gasteiger partial charge in [-0.05, 0) is 64.1 Å². The minimum Gasteiger partial charge on any atom is -0.353 e. The van der Waals surface area contributed by atoms with E-state index in [1.54, 1.807) is 0 Å². The number of anilines is 3. The molecule has 0 amide bonds. The largest absolute Gasteiger partial charge is 0.353 e. The summed E-state index contributed by atoms with van der Waals surface area (Å²) >= 11 is 0. The average molecular weight is 431 g/mol. The highest BCUT2D eigenvalue weighted by Gasteiger charge is 2.57. The van der Waals surface area contributed by atoms with Gasteiger partial charge >= 0.3 is 0 Å². The van der Waals surface area contributed by atoms with Crippen LogP contribution in [0.2, 0.25) is 0 Å². The van der Waals surface area contributed by atoms with Crippen molar-refractivity contribution in [3.8, 4) is 11.1 Å². The van der Waals surface area contributed by atoms with Crippen molar-refractivity contribution < 1.29 is 0 Å². The molecule has 1 unspecified atom stereocenters. The first-order valence-corrected chi connectivity index (χ1v) is 12.1. The van der Waals surface area contributed by atoms with E-state index >= 15 is 0 Å². The molecule has 33 heavy (non-hydrogen) atoms. The molecule has 2 nitrogen and oxygen atoms in total. The number of nitrogens with zero attached hydrogens (tertiary/aromatic N) is 2. The fourth-order valence-electron chi connectivity index (χ4n) is 7.27. The molecule has 164 valence electrons. The number of aryl methyl sites for hydroxylation is 1. The minimum atomic E-state index is -0.145. The summed E-state index contributed by atoms with van der Waals surface area (Å²) in [5.41, 5.74) is 12.5. The molecular formula is C31H30N2. The zero-order valence-corrected chi connectivity index (χ0v) is 20.3. The second kappa shape index (κ2) is 5.80. The van der Waals surface area contributed by atoms with Gasteiger partial charge < -0.3 is 9.80 Å². The first kappa shape index (κ1) is 19.2. The van der Waals surface area contributed by atoms with Crippen LogP contribution in [0.5, 0.6) is 0 Å². The van der Waals surface area contributed by atoms with E-state index in [-0.39, 0.29) is 17.0 Å². The lowest BCUT2D eigenvalue weighted by molar-refractivity contribution is 0.326. The van der Waals surface area contributed by atoms with Crippen molar-refractivity contribution in [1.29, 1.82) is 0 Å². The summed E-state index contributed by atoms with van der Waals surface area (Å²) in [6.07, 6.45) is 0.289. The third-order valence-electron chi connectivity index (χ3n) is 9.32. The summed E-state index contributed by atoms with van der Waals surface area (Å²) in [6, 6.07) is 25.3. The van der Waals surface area contributed by atoms with Crippen molar-refractivity contribution in [2.75, 3.05) is 16.8 Å². The molecule has 2 aliphatic heterocycles. The van der Waals surface area contributed by atoms with Crippen LogP contribution >= 0.6 is 0 Å². The summed E-state index contributed by atoms with van der Waals surface area (Å²) in [5.74, 6) is 0. The third-order valence-corrected chi connectivity index (χ3v) is 9.32. The Morgan fingerprint density at radius 3 is 2.30 bits per heavy atom. The molecule has 2 heterocycles. The second-order valence-corrected chi connectivity index (χ2v) is 10.9. The normalized spacial score (nSPS) is 23.4. The predicted octanol–water partition coefficient (Wildman–Crippen LogP) is 7.66. The van der Waals surface area contributed by atoms with Crippen LogP contribution in [0.3, 0.4) is 0 Å². The lowest BCUT2D eigenvalue weighted by Gasteiger charge is -2.55. The average Bonchev–Trinajstić information content (AvgIpc) is 3.06. The predicted molar refractivity (Wildman–Crippen MR) is 140 cm³/mol. The molecule has 2 heteroatoms. The van der Waals surface area contributed by atoms with Gasteiger partial charge in [-0.1, -0.05) is 81.4 Å². The van der Waals surface area contributed by atoms with Gasteiger partial charge in [0.25, 0.3) is 0 Å². The van der Waals surface area contributed by atoms with E-state index in [1.807, 2.05) is 0 Å². The van der Waals surface area contributed by atoms with Gasteiger partial charge in [0.2, 0.25) is 0 Å². The Balaban J connectivity index is 1.72. The molecule has 0 N–H and O–H groups in total. The smallest absolute Gasteiger partial charge is 0.103 e. The maximum atomic E-state index is 2.61. The van der Waals surface area contributed by atoms with E-state index in [0.717, 1.165) is 0 Å². The Labute approximate surface area is 196 Å². The highest BCUT2D eigenvalue weighted by atomic mass is 15.4. The van der Waals surface area contributed by atoms with Crippen LogP contribution in [0.4, 0.5) is 17.1 Å². The fraction of sp³-hybridized carbons (Fsp3) is 0.290. The van der Waals surface area contributed by atoms with E-state index in [1.165, 1.54) is 61.2 Å². The molecule has 0 fully saturated rings. The summed E-state index contributed by atoms with van der Waals surface area (Å²) in [4.78, 5) is 5.05. The molecule has 0 radical (unpaired) electrons. The van der Waals surface area contributed by atoms with Gasteiger partial charge in [-0.3, -0.25) is 0 Å². The molecule has 0 saturated carbocycles. The standard InChI is InChI=1S/C31H30N2/c1-18-14-16-23-22-17-15-20-10-7-8-11-21(20)26(22)30(3,4)31(5)24-12-9-13-25-29(24)33(19(2)32(25)6)28(18)27(23)31/h7-17,19H,1-6H3/t19-,31?/m0/s1. The maximum absolute atomic E-state index is 2.61. The zero-order chi connectivity index (χ0) is 22.9. The van der Waals surface area contributed by atoms with Gasteiger partial charge in [0.15, 0.2) is 0 Å². The first-order valence-electron chi connectivity index (χ1n) is 12.1. The van der Waals surface area contributed by atoms with E-state index in [0.29, 0.717) is 0 Å². The van der Waals surface area contributed by atoms with Crippen LogP contribution in [0.25, 0.3) is 21.9 Å². The van der Waals surface area contributed by atoms with Crippen LogP contribution in [0.1, 0.15) is 49.9 Å². The molecule has 3 aliphatic rings. The Morgan fingerprint density at radius 1 is 0.758 bits per heavy atom. The Kier molecular flexibility index (Phi) is 3.38. The molecule has 2 atom stereocenters. The first-order chi connectivity index (χ1) is 15.8. The molecular weight excluding hydrogens is 400 g/mol. The van der Waals surface area contributed by atoms with Gasteiger partial charge in [-0.25, -0.2) is 0 Å². The zero-order valence-electron chi connectivity index (χ0n) is 20.3. The van der Waals surface area contributed by atoms with E-state index in [2.05, 4.69) is 118 Å². The molecule has 0 bridgehead atoms. The minimum absolute atomic E-state index is 0.0929. The quantitative estimate of drug-likeness (QED) is 0.282. The molecule has 1 aliphatic carbocycles. The highest BCUT2D eigenvalue weighted by molar-refractivity contribution is 6.01. The highest BCUT2D eigenvalue weighted by Crippen LogP contribution is 2.67. The van der Waals surface area contributed by atoms with Crippen LogP contribution in [-0.2, 0) is 10.8 Å². The lowest BCUT2D eigenvalue weighted by atomic mass is 9.50. The van der Waals surface area contributed by atoms with Crippen molar-refractivity contribution in [1.82, 2.24) is 0 Å².